The summed E-state index contributed by atoms with van der Waals surface area (Å²) in [5.74, 6) is -0.673. The lowest BCUT2D eigenvalue weighted by molar-refractivity contribution is 0.569. The maximum Gasteiger partial charge on any atom is 0.333 e. The van der Waals surface area contributed by atoms with Crippen molar-refractivity contribution in [1.29, 1.82) is 0 Å². The third-order valence-electron chi connectivity index (χ3n) is 5.99. The molecule has 1 N–H and O–H groups in total. The van der Waals surface area contributed by atoms with Gasteiger partial charge in [0, 0.05) is 25.0 Å². The van der Waals surface area contributed by atoms with Gasteiger partial charge in [0.15, 0.2) is 5.65 Å². The van der Waals surface area contributed by atoms with Crippen molar-refractivity contribution in [3.8, 4) is 11.3 Å². The zero-order valence-corrected chi connectivity index (χ0v) is 19.9. The van der Waals surface area contributed by atoms with E-state index in [2.05, 4.69) is 14.8 Å². The minimum atomic E-state index is -3.83. The highest BCUT2D eigenvalue weighted by Crippen LogP contribution is 2.28. The molecule has 0 amide bonds. The zero-order valence-electron chi connectivity index (χ0n) is 19.0. The smallest absolute Gasteiger partial charge is 0.268 e. The molecule has 0 aliphatic heterocycles. The van der Waals surface area contributed by atoms with E-state index in [1.54, 1.807) is 29.2 Å². The van der Waals surface area contributed by atoms with Crippen LogP contribution >= 0.6 is 0 Å². The van der Waals surface area contributed by atoms with Crippen molar-refractivity contribution in [3.63, 3.8) is 0 Å². The first-order valence-corrected chi connectivity index (χ1v) is 12.4. The van der Waals surface area contributed by atoms with Crippen molar-refractivity contribution < 1.29 is 8.42 Å². The van der Waals surface area contributed by atoms with Gasteiger partial charge in [-0.2, -0.15) is 5.10 Å². The normalized spacial score (nSPS) is 11.9. The maximum atomic E-state index is 13.3. The Morgan fingerprint density at radius 2 is 1.69 bits per heavy atom. The van der Waals surface area contributed by atoms with Crippen LogP contribution in [0.2, 0.25) is 0 Å². The number of rotatable bonds is 6. The Morgan fingerprint density at radius 3 is 2.43 bits per heavy atom. The number of fused-ring (bicyclic) bond motifs is 2. The average molecular weight is 491 g/mol. The second kappa shape index (κ2) is 8.60. The lowest BCUT2D eigenvalue weighted by atomic mass is 10.0. The molecule has 0 unspecified atom stereocenters. The monoisotopic (exact) mass is 490 g/mol. The fourth-order valence-corrected chi connectivity index (χ4v) is 4.92. The summed E-state index contributed by atoms with van der Waals surface area (Å²) in [6.45, 7) is 0.295. The van der Waals surface area contributed by atoms with E-state index in [1.807, 2.05) is 42.5 Å². The Balaban J connectivity index is 1.85. The van der Waals surface area contributed by atoms with Gasteiger partial charge in [0.2, 0.25) is 10.0 Å². The van der Waals surface area contributed by atoms with Crippen LogP contribution in [-0.4, -0.2) is 39.4 Å². The summed E-state index contributed by atoms with van der Waals surface area (Å²) in [7, 11) is -1.24. The zero-order chi connectivity index (χ0) is 24.7. The van der Waals surface area contributed by atoms with Crippen molar-refractivity contribution in [2.75, 3.05) is 7.05 Å². The van der Waals surface area contributed by atoms with Crippen molar-refractivity contribution in [3.05, 3.63) is 93.4 Å². The molecule has 178 valence electrons. The molecule has 0 radical (unpaired) electrons. The van der Waals surface area contributed by atoms with Crippen LogP contribution in [0.25, 0.3) is 33.1 Å². The predicted molar refractivity (Wildman–Crippen MR) is 133 cm³/mol. The van der Waals surface area contributed by atoms with Gasteiger partial charge in [-0.05, 0) is 35.5 Å². The second-order valence-corrected chi connectivity index (χ2v) is 10.00. The van der Waals surface area contributed by atoms with Gasteiger partial charge < -0.3 is 0 Å². The first kappa shape index (κ1) is 22.7. The molecule has 0 fully saturated rings. The molecule has 0 bridgehead atoms. The van der Waals surface area contributed by atoms with E-state index in [0.717, 1.165) is 25.5 Å². The average Bonchev–Trinajstić information content (AvgIpc) is 3.25. The predicted octanol–water partition coefficient (Wildman–Crippen LogP) is 1.67. The molecular formula is C24H22N6O4S. The van der Waals surface area contributed by atoms with E-state index < -0.39 is 27.1 Å². The minimum Gasteiger partial charge on any atom is -0.268 e. The van der Waals surface area contributed by atoms with Gasteiger partial charge >= 0.3 is 5.69 Å². The second-order valence-electron chi connectivity index (χ2n) is 8.10. The number of hydrogen-bond donors (Lipinski definition) is 1. The van der Waals surface area contributed by atoms with Gasteiger partial charge in [0.1, 0.15) is 11.3 Å². The number of sulfonamides is 1. The Morgan fingerprint density at radius 1 is 0.971 bits per heavy atom. The molecular weight excluding hydrogens is 468 g/mol. The van der Waals surface area contributed by atoms with Crippen LogP contribution in [0.4, 0.5) is 0 Å². The standard InChI is InChI=1S/C24H22N6O4S/c1-25-35(33,34)15-29-22-20(23(31)28(2)24(29)32)21(17-10-12-26-13-11-17)30(27-22)14-18-8-5-7-16-6-3-4-9-19(16)18/h3-13,25H,14-15H2,1-2H3. The summed E-state index contributed by atoms with van der Waals surface area (Å²) in [5, 5.41) is 6.87. The number of benzene rings is 2. The molecule has 0 aliphatic carbocycles. The topological polar surface area (TPSA) is 121 Å². The van der Waals surface area contributed by atoms with Crippen molar-refractivity contribution in [2.24, 2.45) is 7.05 Å². The molecule has 2 aromatic carbocycles. The number of hydrogen-bond acceptors (Lipinski definition) is 6. The van der Waals surface area contributed by atoms with Crippen LogP contribution in [0.3, 0.4) is 0 Å². The first-order valence-electron chi connectivity index (χ1n) is 10.8. The number of nitrogens with zero attached hydrogens (tertiary/aromatic N) is 5. The highest BCUT2D eigenvalue weighted by atomic mass is 32.2. The van der Waals surface area contributed by atoms with Crippen LogP contribution < -0.4 is 16.0 Å². The van der Waals surface area contributed by atoms with Gasteiger partial charge in [-0.25, -0.2) is 17.9 Å². The van der Waals surface area contributed by atoms with Gasteiger partial charge in [0.25, 0.3) is 5.56 Å². The van der Waals surface area contributed by atoms with Gasteiger partial charge in [-0.15, -0.1) is 0 Å². The van der Waals surface area contributed by atoms with Crippen LogP contribution in [-0.2, 0) is 29.5 Å². The van der Waals surface area contributed by atoms with Crippen molar-refractivity contribution in [2.45, 2.75) is 12.4 Å². The van der Waals surface area contributed by atoms with Crippen molar-refractivity contribution in [1.82, 2.24) is 28.6 Å². The van der Waals surface area contributed by atoms with Gasteiger partial charge in [-0.1, -0.05) is 42.5 Å². The van der Waals surface area contributed by atoms with E-state index in [4.69, 9.17) is 0 Å². The largest absolute Gasteiger partial charge is 0.333 e. The fraction of sp³-hybridized carbons (Fsp3) is 0.167. The Labute approximate surface area is 200 Å². The third kappa shape index (κ3) is 3.94. The molecule has 0 atom stereocenters. The van der Waals surface area contributed by atoms with Crippen LogP contribution in [0.5, 0.6) is 0 Å². The summed E-state index contributed by atoms with van der Waals surface area (Å²) in [5.41, 5.74) is 0.785. The van der Waals surface area contributed by atoms with Crippen LogP contribution in [0, 0.1) is 0 Å². The number of aromatic nitrogens is 5. The van der Waals surface area contributed by atoms with Crippen molar-refractivity contribution >= 4 is 31.8 Å². The molecule has 3 heterocycles. The molecule has 5 aromatic rings. The Hall–Kier alpha value is -4.09. The number of nitrogens with one attached hydrogen (secondary N) is 1. The van der Waals surface area contributed by atoms with E-state index in [-0.39, 0.29) is 11.0 Å². The molecule has 5 rings (SSSR count). The molecule has 3 aromatic heterocycles. The molecule has 11 heteroatoms. The lowest BCUT2D eigenvalue weighted by Crippen LogP contribution is -2.40. The summed E-state index contributed by atoms with van der Waals surface area (Å²) < 4.78 is 30.5. The minimum absolute atomic E-state index is 0.00368. The van der Waals surface area contributed by atoms with Gasteiger partial charge in [0.05, 0.1) is 12.2 Å². The van der Waals surface area contributed by atoms with E-state index in [9.17, 15) is 18.0 Å². The molecule has 0 aliphatic rings. The highest BCUT2D eigenvalue weighted by molar-refractivity contribution is 7.88. The molecule has 0 saturated heterocycles. The molecule has 0 spiro atoms. The Bertz CT molecular complexity index is 1800. The molecule has 35 heavy (non-hydrogen) atoms. The summed E-state index contributed by atoms with van der Waals surface area (Å²) in [4.78, 5) is 30.4. The van der Waals surface area contributed by atoms with Gasteiger partial charge in [-0.3, -0.25) is 23.6 Å². The van der Waals surface area contributed by atoms with E-state index in [1.165, 1.54) is 14.1 Å². The molecule has 10 nitrogen and oxygen atoms in total. The third-order valence-corrected chi connectivity index (χ3v) is 7.21. The van der Waals surface area contributed by atoms with Crippen LogP contribution in [0.15, 0.2) is 76.6 Å². The quantitative estimate of drug-likeness (QED) is 0.387. The first-order chi connectivity index (χ1) is 16.8. The highest BCUT2D eigenvalue weighted by Gasteiger charge is 2.24. The summed E-state index contributed by atoms with van der Waals surface area (Å²) in [6.07, 6.45) is 3.20. The molecule has 0 saturated carbocycles. The summed E-state index contributed by atoms with van der Waals surface area (Å²) in [6, 6.07) is 17.4. The maximum absolute atomic E-state index is 13.3. The lowest BCUT2D eigenvalue weighted by Gasteiger charge is -2.10. The van der Waals surface area contributed by atoms with E-state index >= 15 is 0 Å². The fourth-order valence-electron chi connectivity index (χ4n) is 4.22. The Kier molecular flexibility index (Phi) is 5.58. The SMILES string of the molecule is CNS(=O)(=O)Cn1c(=O)n(C)c(=O)c2c(-c3ccncc3)n(Cc3cccc4ccccc34)nc21. The van der Waals surface area contributed by atoms with Crippen LogP contribution in [0.1, 0.15) is 5.56 Å². The number of pyridine rings is 1. The van der Waals surface area contributed by atoms with E-state index in [0.29, 0.717) is 17.8 Å². The summed E-state index contributed by atoms with van der Waals surface area (Å²) >= 11 is 0.